The summed E-state index contributed by atoms with van der Waals surface area (Å²) in [5.74, 6) is 1.88. The molecule has 0 saturated heterocycles. The molecule has 3 nitrogen and oxygen atoms in total. The van der Waals surface area contributed by atoms with Crippen molar-refractivity contribution in [3.63, 3.8) is 0 Å². The summed E-state index contributed by atoms with van der Waals surface area (Å²) in [5, 5.41) is 0.525. The maximum atomic E-state index is 5.79. The van der Waals surface area contributed by atoms with Crippen molar-refractivity contribution < 1.29 is 0 Å². The Labute approximate surface area is 88.6 Å². The minimum atomic E-state index is 0. The van der Waals surface area contributed by atoms with E-state index in [-0.39, 0.29) is 12.4 Å². The summed E-state index contributed by atoms with van der Waals surface area (Å²) in [5.41, 5.74) is 0. The Balaban J connectivity index is 0.000000845. The minimum Gasteiger partial charge on any atom is -0.310 e. The van der Waals surface area contributed by atoms with E-state index in [1.54, 1.807) is 6.08 Å². The largest absolute Gasteiger partial charge is 0.310 e. The fourth-order valence-electron chi connectivity index (χ4n) is 1.56. The van der Waals surface area contributed by atoms with Crippen LogP contribution in [0.2, 0.25) is 0 Å². The van der Waals surface area contributed by atoms with Crippen LogP contribution in [0.15, 0.2) is 21.2 Å². The van der Waals surface area contributed by atoms with E-state index in [0.29, 0.717) is 11.2 Å². The first kappa shape index (κ1) is 10.5. The van der Waals surface area contributed by atoms with Gasteiger partial charge in [-0.15, -0.1) is 12.4 Å². The number of amidine groups is 2. The lowest BCUT2D eigenvalue weighted by Crippen LogP contribution is -2.39. The molecule has 5 heteroatoms. The fraction of sp³-hybridized carbons (Fsp3) is 0.500. The molecule has 0 saturated carbocycles. The maximum absolute atomic E-state index is 5.79. The highest BCUT2D eigenvalue weighted by Gasteiger charge is 2.27. The molecule has 0 bridgehead atoms. The van der Waals surface area contributed by atoms with Crippen molar-refractivity contribution >= 4 is 35.7 Å². The van der Waals surface area contributed by atoms with Crippen LogP contribution in [0.4, 0.5) is 0 Å². The van der Waals surface area contributed by atoms with Crippen molar-refractivity contribution in [2.75, 3.05) is 6.54 Å². The molecule has 0 amide bonds. The van der Waals surface area contributed by atoms with Crippen LogP contribution in [0.1, 0.15) is 13.8 Å². The van der Waals surface area contributed by atoms with Gasteiger partial charge in [0.2, 0.25) is 0 Å². The van der Waals surface area contributed by atoms with E-state index in [2.05, 4.69) is 21.8 Å². The molecule has 1 unspecified atom stereocenters. The molecule has 0 fully saturated rings. The number of hydrogen-bond donors (Lipinski definition) is 0. The highest BCUT2D eigenvalue weighted by atomic mass is 35.5. The average Bonchev–Trinajstić information content (AvgIpc) is 2.31. The standard InChI is InChI=1S/C8H10ClN3.ClH/c1-5-4-10-8-3-7(9)11-6(2)12(5)8;/h3,5H,4H2,1-2H3;1H. The second kappa shape index (κ2) is 3.68. The summed E-state index contributed by atoms with van der Waals surface area (Å²) in [6.45, 7) is 4.91. The summed E-state index contributed by atoms with van der Waals surface area (Å²) in [7, 11) is 0. The Morgan fingerprint density at radius 3 is 3.00 bits per heavy atom. The second-order valence-electron chi connectivity index (χ2n) is 3.04. The third-order valence-electron chi connectivity index (χ3n) is 2.07. The van der Waals surface area contributed by atoms with Crippen LogP contribution < -0.4 is 0 Å². The minimum absolute atomic E-state index is 0. The van der Waals surface area contributed by atoms with Gasteiger partial charge >= 0.3 is 0 Å². The Bertz CT molecular complexity index is 307. The smallest absolute Gasteiger partial charge is 0.134 e. The van der Waals surface area contributed by atoms with Gasteiger partial charge in [-0.3, -0.25) is 4.99 Å². The van der Waals surface area contributed by atoms with Gasteiger partial charge in [-0.25, -0.2) is 4.99 Å². The van der Waals surface area contributed by atoms with Gasteiger partial charge in [0.1, 0.15) is 16.8 Å². The van der Waals surface area contributed by atoms with Gasteiger partial charge in [0, 0.05) is 6.08 Å². The predicted octanol–water partition coefficient (Wildman–Crippen LogP) is 2.02. The number of rotatable bonds is 0. The third-order valence-corrected chi connectivity index (χ3v) is 2.26. The van der Waals surface area contributed by atoms with Crippen molar-refractivity contribution in [1.29, 1.82) is 0 Å². The SMILES string of the molecule is CC1=NC(Cl)=CC2=NCC(C)N12.Cl. The van der Waals surface area contributed by atoms with Gasteiger partial charge in [0.05, 0.1) is 12.6 Å². The van der Waals surface area contributed by atoms with E-state index in [0.717, 1.165) is 18.2 Å². The quantitative estimate of drug-likeness (QED) is 0.574. The maximum Gasteiger partial charge on any atom is 0.134 e. The Kier molecular flexibility index (Phi) is 2.98. The number of aliphatic imine (C=N–C) groups is 2. The molecule has 0 N–H and O–H groups in total. The number of hydrogen-bond acceptors (Lipinski definition) is 3. The summed E-state index contributed by atoms with van der Waals surface area (Å²) >= 11 is 5.79. The average molecular weight is 220 g/mol. The van der Waals surface area contributed by atoms with Crippen LogP contribution in [0.25, 0.3) is 0 Å². The van der Waals surface area contributed by atoms with Crippen LogP contribution in [0, 0.1) is 0 Å². The Morgan fingerprint density at radius 1 is 1.62 bits per heavy atom. The van der Waals surface area contributed by atoms with Gasteiger partial charge in [0.15, 0.2) is 0 Å². The van der Waals surface area contributed by atoms with Crippen molar-refractivity contribution in [3.05, 3.63) is 11.2 Å². The van der Waals surface area contributed by atoms with Crippen molar-refractivity contribution in [1.82, 2.24) is 4.90 Å². The van der Waals surface area contributed by atoms with Crippen LogP contribution in [-0.2, 0) is 0 Å². The van der Waals surface area contributed by atoms with Crippen molar-refractivity contribution in [2.24, 2.45) is 9.98 Å². The molecule has 2 aliphatic heterocycles. The highest BCUT2D eigenvalue weighted by molar-refractivity contribution is 6.33. The van der Waals surface area contributed by atoms with E-state index >= 15 is 0 Å². The van der Waals surface area contributed by atoms with Gasteiger partial charge in [-0.1, -0.05) is 11.6 Å². The predicted molar refractivity (Wildman–Crippen MR) is 57.9 cm³/mol. The fourth-order valence-corrected chi connectivity index (χ4v) is 1.78. The molecule has 13 heavy (non-hydrogen) atoms. The molecule has 2 rings (SSSR count). The first-order valence-electron chi connectivity index (χ1n) is 3.94. The number of nitrogens with zero attached hydrogens (tertiary/aromatic N) is 3. The van der Waals surface area contributed by atoms with Crippen molar-refractivity contribution in [3.8, 4) is 0 Å². The molecule has 1 atom stereocenters. The zero-order valence-electron chi connectivity index (χ0n) is 7.49. The molecule has 0 radical (unpaired) electrons. The topological polar surface area (TPSA) is 28.0 Å². The van der Waals surface area contributed by atoms with E-state index in [1.807, 2.05) is 6.92 Å². The first-order valence-corrected chi connectivity index (χ1v) is 4.32. The zero-order chi connectivity index (χ0) is 8.72. The molecule has 2 aliphatic rings. The molecule has 0 aromatic heterocycles. The van der Waals surface area contributed by atoms with E-state index in [9.17, 15) is 0 Å². The van der Waals surface area contributed by atoms with Crippen molar-refractivity contribution in [2.45, 2.75) is 19.9 Å². The van der Waals surface area contributed by atoms with Gasteiger partial charge in [-0.2, -0.15) is 0 Å². The highest BCUT2D eigenvalue weighted by Crippen LogP contribution is 2.20. The molecule has 2 heterocycles. The first-order chi connectivity index (χ1) is 5.68. The van der Waals surface area contributed by atoms with E-state index in [4.69, 9.17) is 11.6 Å². The molecule has 0 spiro atoms. The Morgan fingerprint density at radius 2 is 2.31 bits per heavy atom. The lowest BCUT2D eigenvalue weighted by Gasteiger charge is -2.25. The lowest BCUT2D eigenvalue weighted by molar-refractivity contribution is 0.510. The molecular weight excluding hydrogens is 209 g/mol. The van der Waals surface area contributed by atoms with Crippen LogP contribution in [0.5, 0.6) is 0 Å². The second-order valence-corrected chi connectivity index (χ2v) is 3.43. The molecule has 0 aromatic carbocycles. The van der Waals surface area contributed by atoms with Gasteiger partial charge < -0.3 is 4.90 Å². The summed E-state index contributed by atoms with van der Waals surface area (Å²) in [6.07, 6.45) is 1.80. The molecule has 0 aliphatic carbocycles. The molecule has 72 valence electrons. The third kappa shape index (κ3) is 1.71. The van der Waals surface area contributed by atoms with E-state index in [1.165, 1.54) is 0 Å². The van der Waals surface area contributed by atoms with Crippen LogP contribution in [-0.4, -0.2) is 29.2 Å². The number of halogens is 2. The summed E-state index contributed by atoms with van der Waals surface area (Å²) in [6, 6.07) is 0.421. The monoisotopic (exact) mass is 219 g/mol. The zero-order valence-corrected chi connectivity index (χ0v) is 9.06. The molecular formula is C8H11Cl2N3. The summed E-state index contributed by atoms with van der Waals surface area (Å²) in [4.78, 5) is 10.6. The van der Waals surface area contributed by atoms with E-state index < -0.39 is 0 Å². The van der Waals surface area contributed by atoms with Gasteiger partial charge in [-0.05, 0) is 13.8 Å². The molecule has 0 aromatic rings. The normalized spacial score (nSPS) is 25.6. The summed E-state index contributed by atoms with van der Waals surface area (Å²) < 4.78 is 0. The van der Waals surface area contributed by atoms with Crippen LogP contribution in [0.3, 0.4) is 0 Å². The lowest BCUT2D eigenvalue weighted by atomic mass is 10.3. The number of fused-ring (bicyclic) bond motifs is 1. The Hall–Kier alpha value is -0.540. The van der Waals surface area contributed by atoms with Crippen LogP contribution >= 0.6 is 24.0 Å². The van der Waals surface area contributed by atoms with Gasteiger partial charge in [0.25, 0.3) is 0 Å².